The number of thioether (sulfide) groups is 1. The molecule has 0 bridgehead atoms. The highest BCUT2D eigenvalue weighted by Gasteiger charge is 2.13. The Morgan fingerprint density at radius 3 is 2.71 bits per heavy atom. The predicted molar refractivity (Wildman–Crippen MR) is 116 cm³/mol. The molecule has 3 aromatic rings. The number of allylic oxidation sites excluding steroid dienone is 1. The number of hydrogen-bond acceptors (Lipinski definition) is 4. The highest BCUT2D eigenvalue weighted by atomic mass is 35.5. The number of amides is 1. The van der Waals surface area contributed by atoms with Crippen LogP contribution in [-0.2, 0) is 17.8 Å². The maximum absolute atomic E-state index is 12.8. The summed E-state index contributed by atoms with van der Waals surface area (Å²) in [5.41, 5.74) is 2.28. The van der Waals surface area contributed by atoms with Crippen LogP contribution in [0, 0.1) is 0 Å². The smallest absolute Gasteiger partial charge is 0.262 e. The Hall–Kier alpha value is -2.57. The number of aromatic nitrogens is 2. The number of fused-ring (bicyclic) bond motifs is 1. The molecule has 7 heteroatoms. The Morgan fingerprint density at radius 2 is 2.04 bits per heavy atom. The van der Waals surface area contributed by atoms with Crippen molar-refractivity contribution >= 4 is 45.9 Å². The largest absolute Gasteiger partial charge is 0.325 e. The highest BCUT2D eigenvalue weighted by Crippen LogP contribution is 2.21. The maximum Gasteiger partial charge on any atom is 0.262 e. The van der Waals surface area contributed by atoms with E-state index in [9.17, 15) is 9.59 Å². The first kappa shape index (κ1) is 20.2. The third-order valence-corrected chi connectivity index (χ3v) is 5.38. The van der Waals surface area contributed by atoms with Crippen LogP contribution < -0.4 is 10.9 Å². The molecular weight excluding hydrogens is 394 g/mol. The Bertz CT molecular complexity index is 1080. The van der Waals surface area contributed by atoms with E-state index >= 15 is 0 Å². The van der Waals surface area contributed by atoms with E-state index in [1.807, 2.05) is 24.3 Å². The summed E-state index contributed by atoms with van der Waals surface area (Å²) in [5, 5.41) is 4.30. The first-order chi connectivity index (χ1) is 13.5. The Balaban J connectivity index is 1.80. The highest BCUT2D eigenvalue weighted by molar-refractivity contribution is 7.99. The molecule has 2 aromatic carbocycles. The van der Waals surface area contributed by atoms with Gasteiger partial charge in [-0.25, -0.2) is 4.98 Å². The van der Waals surface area contributed by atoms with Gasteiger partial charge in [0.05, 0.1) is 16.7 Å². The molecule has 28 heavy (non-hydrogen) atoms. The Morgan fingerprint density at radius 1 is 1.29 bits per heavy atom. The van der Waals surface area contributed by atoms with E-state index in [1.54, 1.807) is 24.3 Å². The van der Waals surface area contributed by atoms with Gasteiger partial charge in [-0.2, -0.15) is 0 Å². The van der Waals surface area contributed by atoms with E-state index in [2.05, 4.69) is 23.8 Å². The molecule has 1 heterocycles. The van der Waals surface area contributed by atoms with E-state index in [1.165, 1.54) is 21.9 Å². The molecule has 0 radical (unpaired) electrons. The molecule has 0 aliphatic carbocycles. The molecule has 0 atom stereocenters. The molecule has 1 aromatic heterocycles. The average molecular weight is 414 g/mol. The van der Waals surface area contributed by atoms with Crippen molar-refractivity contribution in [3.05, 3.63) is 76.1 Å². The van der Waals surface area contributed by atoms with Gasteiger partial charge >= 0.3 is 0 Å². The molecule has 0 aliphatic heterocycles. The van der Waals surface area contributed by atoms with Crippen molar-refractivity contribution in [2.24, 2.45) is 0 Å². The van der Waals surface area contributed by atoms with Crippen LogP contribution in [-0.4, -0.2) is 21.2 Å². The van der Waals surface area contributed by atoms with Gasteiger partial charge in [-0.05, 0) is 42.3 Å². The van der Waals surface area contributed by atoms with Crippen molar-refractivity contribution in [3.63, 3.8) is 0 Å². The lowest BCUT2D eigenvalue weighted by molar-refractivity contribution is -0.113. The van der Waals surface area contributed by atoms with E-state index in [0.29, 0.717) is 27.6 Å². The van der Waals surface area contributed by atoms with Crippen molar-refractivity contribution in [1.29, 1.82) is 0 Å². The summed E-state index contributed by atoms with van der Waals surface area (Å²) < 4.78 is 1.51. The van der Waals surface area contributed by atoms with Gasteiger partial charge in [-0.15, -0.1) is 6.58 Å². The van der Waals surface area contributed by atoms with Gasteiger partial charge in [0.25, 0.3) is 5.56 Å². The van der Waals surface area contributed by atoms with Gasteiger partial charge in [-0.3, -0.25) is 14.2 Å². The van der Waals surface area contributed by atoms with Crippen LogP contribution in [0.3, 0.4) is 0 Å². The van der Waals surface area contributed by atoms with Crippen LogP contribution in [0.5, 0.6) is 0 Å². The number of rotatable bonds is 7. The Kier molecular flexibility index (Phi) is 6.54. The maximum atomic E-state index is 12.8. The van der Waals surface area contributed by atoms with Gasteiger partial charge in [0.1, 0.15) is 0 Å². The number of nitrogens with zero attached hydrogens (tertiary/aromatic N) is 2. The van der Waals surface area contributed by atoms with Crippen LogP contribution >= 0.6 is 23.4 Å². The number of carbonyl (C=O) groups is 1. The molecule has 0 aliphatic rings. The van der Waals surface area contributed by atoms with Gasteiger partial charge < -0.3 is 5.32 Å². The molecule has 0 fully saturated rings. The molecule has 0 saturated heterocycles. The molecule has 0 saturated carbocycles. The van der Waals surface area contributed by atoms with Crippen LogP contribution in [0.25, 0.3) is 10.9 Å². The van der Waals surface area contributed by atoms with E-state index in [4.69, 9.17) is 11.6 Å². The molecule has 0 unspecified atom stereocenters. The number of benzene rings is 2. The fourth-order valence-corrected chi connectivity index (χ4v) is 3.70. The molecule has 5 nitrogen and oxygen atoms in total. The average Bonchev–Trinajstić information content (AvgIpc) is 2.69. The summed E-state index contributed by atoms with van der Waals surface area (Å²) in [4.78, 5) is 29.6. The fraction of sp³-hybridized carbons (Fsp3) is 0.190. The lowest BCUT2D eigenvalue weighted by Gasteiger charge is -2.12. The second-order valence-electron chi connectivity index (χ2n) is 6.15. The number of carbonyl (C=O) groups excluding carboxylic acids is 1. The second-order valence-corrected chi connectivity index (χ2v) is 7.53. The molecular formula is C21H20ClN3O2S. The minimum atomic E-state index is -0.181. The number of nitrogens with one attached hydrogen (secondary N) is 1. The lowest BCUT2D eigenvalue weighted by Crippen LogP contribution is -2.23. The summed E-state index contributed by atoms with van der Waals surface area (Å²) in [6.45, 7) is 6.09. The van der Waals surface area contributed by atoms with E-state index in [-0.39, 0.29) is 17.2 Å². The molecule has 0 spiro atoms. The van der Waals surface area contributed by atoms with Crippen molar-refractivity contribution in [2.75, 3.05) is 11.1 Å². The molecule has 3 rings (SSSR count). The van der Waals surface area contributed by atoms with Crippen LogP contribution in [0.15, 0.2) is 65.1 Å². The van der Waals surface area contributed by atoms with Crippen LogP contribution in [0.4, 0.5) is 5.69 Å². The number of hydrogen-bond donors (Lipinski definition) is 1. The minimum absolute atomic E-state index is 0.130. The van der Waals surface area contributed by atoms with Crippen molar-refractivity contribution < 1.29 is 4.79 Å². The van der Waals surface area contributed by atoms with Gasteiger partial charge in [0.15, 0.2) is 5.16 Å². The summed E-state index contributed by atoms with van der Waals surface area (Å²) in [7, 11) is 0. The zero-order chi connectivity index (χ0) is 20.1. The zero-order valence-electron chi connectivity index (χ0n) is 15.4. The molecule has 1 amide bonds. The number of anilines is 1. The summed E-state index contributed by atoms with van der Waals surface area (Å²) in [6.07, 6.45) is 2.58. The topological polar surface area (TPSA) is 64.0 Å². The standard InChI is InChI=1S/C21H20ClN3O2S/c1-3-11-25-20(27)17-10-7-15(22)12-18(17)24-21(25)28-13-19(26)23-16-8-5-14(4-2)6-9-16/h3,5-10,12H,1,4,11,13H2,2H3,(H,23,26). The normalized spacial score (nSPS) is 10.8. The monoisotopic (exact) mass is 413 g/mol. The van der Waals surface area contributed by atoms with E-state index < -0.39 is 0 Å². The summed E-state index contributed by atoms with van der Waals surface area (Å²) in [6, 6.07) is 12.7. The third-order valence-electron chi connectivity index (χ3n) is 4.17. The van der Waals surface area contributed by atoms with Crippen molar-refractivity contribution in [1.82, 2.24) is 9.55 Å². The second kappa shape index (κ2) is 9.08. The molecule has 1 N–H and O–H groups in total. The first-order valence-corrected chi connectivity index (χ1v) is 10.2. The third kappa shape index (κ3) is 4.64. The van der Waals surface area contributed by atoms with Crippen LogP contribution in [0.1, 0.15) is 12.5 Å². The summed E-state index contributed by atoms with van der Waals surface area (Å²) >= 11 is 7.23. The van der Waals surface area contributed by atoms with E-state index in [0.717, 1.165) is 12.1 Å². The van der Waals surface area contributed by atoms with Crippen LogP contribution in [0.2, 0.25) is 5.02 Å². The number of aryl methyl sites for hydroxylation is 1. The number of halogens is 1. The van der Waals surface area contributed by atoms with Crippen molar-refractivity contribution in [3.8, 4) is 0 Å². The first-order valence-electron chi connectivity index (χ1n) is 8.84. The van der Waals surface area contributed by atoms with Crippen molar-refractivity contribution in [2.45, 2.75) is 25.0 Å². The zero-order valence-corrected chi connectivity index (χ0v) is 17.0. The quantitative estimate of drug-likeness (QED) is 0.351. The molecule has 144 valence electrons. The lowest BCUT2D eigenvalue weighted by atomic mass is 10.1. The van der Waals surface area contributed by atoms with Gasteiger partial charge in [0, 0.05) is 17.3 Å². The minimum Gasteiger partial charge on any atom is -0.325 e. The Labute approximate surface area is 172 Å². The van der Waals surface area contributed by atoms with Gasteiger partial charge in [0.2, 0.25) is 5.91 Å². The SMILES string of the molecule is C=CCn1c(SCC(=O)Nc2ccc(CC)cc2)nc2cc(Cl)ccc2c1=O. The summed E-state index contributed by atoms with van der Waals surface area (Å²) in [5.74, 6) is -0.0367. The predicted octanol–water partition coefficient (Wildman–Crippen LogP) is 4.53. The van der Waals surface area contributed by atoms with Gasteiger partial charge in [-0.1, -0.05) is 48.5 Å². The fourth-order valence-electron chi connectivity index (χ4n) is 2.73.